The van der Waals surface area contributed by atoms with Gasteiger partial charge in [0, 0.05) is 11.8 Å². The Balaban J connectivity index is 2.44. The molecule has 3 rings (SSSR count). The van der Waals surface area contributed by atoms with Crippen LogP contribution in [0.25, 0.3) is 0 Å². The first-order chi connectivity index (χ1) is 19.5. The second-order valence-electron chi connectivity index (χ2n) is 16.2. The predicted octanol–water partition coefficient (Wildman–Crippen LogP) is 9.20. The highest BCUT2D eigenvalue weighted by Crippen LogP contribution is 2.42. The average molecular weight is 581 g/mol. The van der Waals surface area contributed by atoms with Gasteiger partial charge in [-0.3, -0.25) is 4.99 Å². The fraction of sp³-hybridized carbons (Fsp3) is 0.487. The van der Waals surface area contributed by atoms with Crippen molar-refractivity contribution in [2.45, 2.75) is 123 Å². The summed E-state index contributed by atoms with van der Waals surface area (Å²) in [6, 6.07) is 19.2. The zero-order valence-corrected chi connectivity index (χ0v) is 28.6. The van der Waals surface area contributed by atoms with E-state index in [-0.39, 0.29) is 27.4 Å². The van der Waals surface area contributed by atoms with E-state index in [0.717, 1.165) is 33.4 Å². The Morgan fingerprint density at radius 3 is 1.30 bits per heavy atom. The van der Waals surface area contributed by atoms with Gasteiger partial charge in [-0.05, 0) is 80.2 Å². The molecule has 0 heterocycles. The van der Waals surface area contributed by atoms with E-state index >= 15 is 0 Å². The SMILES string of the molecule is CC(N=Cc1cc(C#N)ccc1O)C(O)(c1cc(C(C)(C)C)cc(C(C)(C)C)c1)c1cc(C(C)(C)C)cc(C(C)(C)C)c1. The zero-order valence-electron chi connectivity index (χ0n) is 28.6. The van der Waals surface area contributed by atoms with E-state index in [1.165, 1.54) is 6.07 Å². The Morgan fingerprint density at radius 1 is 0.628 bits per heavy atom. The minimum atomic E-state index is -1.50. The highest BCUT2D eigenvalue weighted by Gasteiger charge is 2.41. The zero-order chi connectivity index (χ0) is 32.8. The molecule has 3 aromatic carbocycles. The third-order valence-corrected chi connectivity index (χ3v) is 8.41. The van der Waals surface area contributed by atoms with Gasteiger partial charge in [-0.2, -0.15) is 5.26 Å². The molecule has 0 spiro atoms. The average Bonchev–Trinajstić information content (AvgIpc) is 2.89. The van der Waals surface area contributed by atoms with Crippen LogP contribution < -0.4 is 0 Å². The molecule has 4 heteroatoms. The van der Waals surface area contributed by atoms with Crippen LogP contribution in [0.4, 0.5) is 0 Å². The fourth-order valence-corrected chi connectivity index (χ4v) is 5.10. The van der Waals surface area contributed by atoms with Crippen LogP contribution in [0.1, 0.15) is 135 Å². The molecule has 4 nitrogen and oxygen atoms in total. The lowest BCUT2D eigenvalue weighted by Gasteiger charge is -2.38. The molecular weight excluding hydrogens is 528 g/mol. The monoisotopic (exact) mass is 580 g/mol. The summed E-state index contributed by atoms with van der Waals surface area (Å²) in [6.45, 7) is 28.3. The molecule has 230 valence electrons. The van der Waals surface area contributed by atoms with Crippen LogP contribution in [-0.4, -0.2) is 22.5 Å². The number of rotatable bonds is 5. The Hall–Kier alpha value is -3.42. The Bertz CT molecular complexity index is 1400. The molecule has 0 saturated carbocycles. The van der Waals surface area contributed by atoms with Crippen molar-refractivity contribution in [3.8, 4) is 11.8 Å². The van der Waals surface area contributed by atoms with Gasteiger partial charge in [-0.1, -0.05) is 119 Å². The lowest BCUT2D eigenvalue weighted by molar-refractivity contribution is 0.0583. The third-order valence-electron chi connectivity index (χ3n) is 8.41. The van der Waals surface area contributed by atoms with Crippen molar-refractivity contribution in [3.05, 3.63) is 99.1 Å². The maximum Gasteiger partial charge on any atom is 0.137 e. The van der Waals surface area contributed by atoms with Crippen LogP contribution in [0, 0.1) is 11.3 Å². The van der Waals surface area contributed by atoms with E-state index in [9.17, 15) is 15.5 Å². The van der Waals surface area contributed by atoms with Crippen LogP contribution in [0.2, 0.25) is 0 Å². The van der Waals surface area contributed by atoms with Crippen molar-refractivity contribution in [1.82, 2.24) is 0 Å². The van der Waals surface area contributed by atoms with Gasteiger partial charge >= 0.3 is 0 Å². The maximum absolute atomic E-state index is 13.2. The molecule has 0 aliphatic carbocycles. The molecule has 3 aromatic rings. The first-order valence-corrected chi connectivity index (χ1v) is 15.3. The second kappa shape index (κ2) is 11.6. The van der Waals surface area contributed by atoms with E-state index < -0.39 is 11.6 Å². The Morgan fingerprint density at radius 2 is 0.977 bits per heavy atom. The molecule has 0 aliphatic rings. The van der Waals surface area contributed by atoms with Gasteiger partial charge < -0.3 is 10.2 Å². The van der Waals surface area contributed by atoms with Gasteiger partial charge in [-0.25, -0.2) is 0 Å². The molecule has 1 unspecified atom stereocenters. The van der Waals surface area contributed by atoms with E-state index in [1.54, 1.807) is 18.3 Å². The number of benzene rings is 3. The Labute approximate surface area is 260 Å². The van der Waals surface area contributed by atoms with Gasteiger partial charge in [0.05, 0.1) is 17.7 Å². The van der Waals surface area contributed by atoms with Crippen molar-refractivity contribution < 1.29 is 10.2 Å². The molecular formula is C39H52N2O2. The summed E-state index contributed by atoms with van der Waals surface area (Å²) in [5, 5.41) is 33.1. The van der Waals surface area contributed by atoms with Gasteiger partial charge in [0.25, 0.3) is 0 Å². The standard InChI is InChI=1S/C39H52N2O2/c1-25(41-24-27-16-26(23-40)14-15-34(27)42)39(43,32-19-28(35(2,3)4)17-29(20-32)36(5,6)7)33-21-30(37(8,9)10)18-31(22-33)38(11,12)13/h14-22,24-25,42-43H,1-13H3. The van der Waals surface area contributed by atoms with Crippen LogP contribution in [-0.2, 0) is 27.3 Å². The summed E-state index contributed by atoms with van der Waals surface area (Å²) in [7, 11) is 0. The molecule has 0 aromatic heterocycles. The smallest absolute Gasteiger partial charge is 0.137 e. The molecule has 0 bridgehead atoms. The van der Waals surface area contributed by atoms with Gasteiger partial charge in [0.1, 0.15) is 11.4 Å². The van der Waals surface area contributed by atoms with Crippen molar-refractivity contribution in [2.75, 3.05) is 0 Å². The van der Waals surface area contributed by atoms with Crippen molar-refractivity contribution >= 4 is 6.21 Å². The topological polar surface area (TPSA) is 76.6 Å². The molecule has 0 amide bonds. The number of aromatic hydroxyl groups is 1. The van der Waals surface area contributed by atoms with Crippen LogP contribution in [0.5, 0.6) is 5.75 Å². The van der Waals surface area contributed by atoms with Gasteiger partial charge in [0.15, 0.2) is 0 Å². The summed E-state index contributed by atoms with van der Waals surface area (Å²) < 4.78 is 0. The molecule has 43 heavy (non-hydrogen) atoms. The van der Waals surface area contributed by atoms with Crippen molar-refractivity contribution in [1.29, 1.82) is 5.26 Å². The summed E-state index contributed by atoms with van der Waals surface area (Å²) in [6.07, 6.45) is 1.57. The molecule has 1 atom stereocenters. The van der Waals surface area contributed by atoms with E-state index in [1.807, 2.05) is 6.92 Å². The summed E-state index contributed by atoms with van der Waals surface area (Å²) in [4.78, 5) is 4.88. The molecule has 0 saturated heterocycles. The van der Waals surface area contributed by atoms with E-state index in [4.69, 9.17) is 4.99 Å². The summed E-state index contributed by atoms with van der Waals surface area (Å²) >= 11 is 0. The number of phenols is 1. The number of aliphatic hydroxyl groups is 1. The Kier molecular flexibility index (Phi) is 9.18. The molecule has 0 aliphatic heterocycles. The number of aliphatic imine (C=N–C) groups is 1. The van der Waals surface area contributed by atoms with Crippen molar-refractivity contribution in [3.63, 3.8) is 0 Å². The summed E-state index contributed by atoms with van der Waals surface area (Å²) in [5.41, 5.74) is 4.96. The minimum Gasteiger partial charge on any atom is -0.507 e. The van der Waals surface area contributed by atoms with E-state index in [0.29, 0.717) is 11.1 Å². The minimum absolute atomic E-state index is 0.0352. The normalized spacial score (nSPS) is 14.2. The highest BCUT2D eigenvalue weighted by atomic mass is 16.3. The lowest BCUT2D eigenvalue weighted by Crippen LogP contribution is -2.39. The number of hydrogen-bond donors (Lipinski definition) is 2. The summed E-state index contributed by atoms with van der Waals surface area (Å²) in [5.74, 6) is 0.0352. The molecule has 0 radical (unpaired) electrons. The van der Waals surface area contributed by atoms with Crippen LogP contribution >= 0.6 is 0 Å². The van der Waals surface area contributed by atoms with Crippen LogP contribution in [0.3, 0.4) is 0 Å². The molecule has 0 fully saturated rings. The number of hydrogen-bond acceptors (Lipinski definition) is 4. The van der Waals surface area contributed by atoms with E-state index in [2.05, 4.69) is 126 Å². The third kappa shape index (κ3) is 7.57. The van der Waals surface area contributed by atoms with Gasteiger partial charge in [0.2, 0.25) is 0 Å². The predicted molar refractivity (Wildman–Crippen MR) is 181 cm³/mol. The first-order valence-electron chi connectivity index (χ1n) is 15.3. The van der Waals surface area contributed by atoms with Crippen LogP contribution in [0.15, 0.2) is 59.6 Å². The largest absolute Gasteiger partial charge is 0.507 e. The highest BCUT2D eigenvalue weighted by molar-refractivity contribution is 5.84. The quantitative estimate of drug-likeness (QED) is 0.295. The van der Waals surface area contributed by atoms with Crippen molar-refractivity contribution in [2.24, 2.45) is 4.99 Å². The number of nitriles is 1. The first kappa shape index (κ1) is 34.1. The fourth-order valence-electron chi connectivity index (χ4n) is 5.10. The maximum atomic E-state index is 13.2. The second-order valence-corrected chi connectivity index (χ2v) is 16.2. The molecule has 2 N–H and O–H groups in total. The number of nitrogens with zero attached hydrogens (tertiary/aromatic N) is 2. The van der Waals surface area contributed by atoms with Gasteiger partial charge in [-0.15, -0.1) is 0 Å². The number of phenolic OH excluding ortho intramolecular Hbond substituents is 1. The lowest BCUT2D eigenvalue weighted by atomic mass is 9.71.